The second kappa shape index (κ2) is 36.5. The Labute approximate surface area is 301 Å². The van der Waals surface area contributed by atoms with E-state index >= 15 is 0 Å². The third-order valence-electron chi connectivity index (χ3n) is 8.76. The number of phosphoric acid groups is 1. The number of carbonyl (C=O) groups is 1. The molecule has 3 atom stereocenters. The molecule has 1 amide bonds. The van der Waals surface area contributed by atoms with Gasteiger partial charge in [-0.25, -0.2) is 4.57 Å². The van der Waals surface area contributed by atoms with E-state index in [9.17, 15) is 19.4 Å². The fourth-order valence-corrected chi connectivity index (χ4v) is 6.50. The fraction of sp³-hybridized carbons (Fsp3) is 0.825. The number of hydrogen-bond acceptors (Lipinski definition) is 6. The van der Waals surface area contributed by atoms with Crippen LogP contribution in [0, 0.1) is 0 Å². The molecule has 0 radical (unpaired) electrons. The van der Waals surface area contributed by atoms with Crippen molar-refractivity contribution in [2.75, 3.05) is 19.8 Å². The Morgan fingerprint density at radius 1 is 0.694 bits per heavy atom. The molecule has 0 aliphatic rings. The van der Waals surface area contributed by atoms with Crippen LogP contribution in [0.2, 0.25) is 0 Å². The number of allylic oxidation sites excluding steroid dienone is 6. The molecule has 0 aromatic heterocycles. The summed E-state index contributed by atoms with van der Waals surface area (Å²) in [6.45, 7) is 4.08. The SMILES string of the molecule is CC/C=C\C/C=C\C/C=C\CCCCCCCCCC(=O)NC(COP(=O)(O)OCCN)C(O)CCCCCCCCCCCCCCC. The van der Waals surface area contributed by atoms with Crippen LogP contribution in [0.1, 0.15) is 181 Å². The number of nitrogens with two attached hydrogens (primary N) is 1. The number of amides is 1. The normalized spacial score (nSPS) is 14.6. The van der Waals surface area contributed by atoms with Crippen molar-refractivity contribution in [3.05, 3.63) is 36.5 Å². The van der Waals surface area contributed by atoms with Gasteiger partial charge in [-0.05, 0) is 44.9 Å². The summed E-state index contributed by atoms with van der Waals surface area (Å²) in [6, 6.07) is -0.778. The number of nitrogens with one attached hydrogen (secondary N) is 1. The lowest BCUT2D eigenvalue weighted by Crippen LogP contribution is -2.46. The Hall–Kier alpha value is -1.28. The summed E-state index contributed by atoms with van der Waals surface area (Å²) >= 11 is 0. The zero-order chi connectivity index (χ0) is 36.1. The molecule has 0 aliphatic heterocycles. The zero-order valence-corrected chi connectivity index (χ0v) is 32.6. The van der Waals surface area contributed by atoms with Crippen molar-refractivity contribution in [2.24, 2.45) is 5.73 Å². The van der Waals surface area contributed by atoms with E-state index in [0.717, 1.165) is 64.2 Å². The Morgan fingerprint density at radius 2 is 1.18 bits per heavy atom. The third-order valence-corrected chi connectivity index (χ3v) is 9.74. The standard InChI is InChI=1S/C40H77N2O6P/c1-3-5-7-9-11-13-15-17-18-19-20-22-24-26-28-30-32-34-40(44)42-38(37-48-49(45,46)47-36-35-41)39(43)33-31-29-27-25-23-21-16-14-12-10-8-6-4-2/h5,7,11,13,17-18,38-39,43H,3-4,6,8-10,12,14-16,19-37,41H2,1-2H3,(H,42,44)(H,45,46)/b7-5-,13-11-,18-17-. The maximum Gasteiger partial charge on any atom is 0.472 e. The Kier molecular flexibility index (Phi) is 35.6. The first-order valence-electron chi connectivity index (χ1n) is 20.1. The topological polar surface area (TPSA) is 131 Å². The minimum Gasteiger partial charge on any atom is -0.391 e. The van der Waals surface area contributed by atoms with Gasteiger partial charge >= 0.3 is 7.82 Å². The highest BCUT2D eigenvalue weighted by Crippen LogP contribution is 2.43. The van der Waals surface area contributed by atoms with Crippen molar-refractivity contribution >= 4 is 13.7 Å². The van der Waals surface area contributed by atoms with Gasteiger partial charge in [-0.15, -0.1) is 0 Å². The molecule has 0 saturated heterocycles. The van der Waals surface area contributed by atoms with Crippen molar-refractivity contribution in [3.63, 3.8) is 0 Å². The van der Waals surface area contributed by atoms with Gasteiger partial charge in [0.05, 0.1) is 25.4 Å². The lowest BCUT2D eigenvalue weighted by atomic mass is 10.0. The molecular formula is C40H77N2O6P. The average Bonchev–Trinajstić information content (AvgIpc) is 3.09. The third kappa shape index (κ3) is 34.9. The number of hydrogen-bond donors (Lipinski definition) is 4. The monoisotopic (exact) mass is 713 g/mol. The van der Waals surface area contributed by atoms with Crippen molar-refractivity contribution in [3.8, 4) is 0 Å². The van der Waals surface area contributed by atoms with E-state index in [1.165, 1.54) is 89.9 Å². The summed E-state index contributed by atoms with van der Waals surface area (Å²) in [5.41, 5.74) is 5.37. The lowest BCUT2D eigenvalue weighted by molar-refractivity contribution is -0.123. The summed E-state index contributed by atoms with van der Waals surface area (Å²) in [5, 5.41) is 13.7. The molecule has 0 fully saturated rings. The average molecular weight is 713 g/mol. The molecule has 0 aliphatic carbocycles. The maximum atomic E-state index is 12.7. The Bertz CT molecular complexity index is 866. The van der Waals surface area contributed by atoms with Crippen LogP contribution in [0.5, 0.6) is 0 Å². The highest BCUT2D eigenvalue weighted by molar-refractivity contribution is 7.47. The van der Waals surface area contributed by atoms with E-state index in [4.69, 9.17) is 14.8 Å². The molecule has 0 rings (SSSR count). The van der Waals surface area contributed by atoms with Gasteiger partial charge in [0.2, 0.25) is 5.91 Å². The smallest absolute Gasteiger partial charge is 0.391 e. The maximum absolute atomic E-state index is 12.7. The molecule has 0 heterocycles. The second-order valence-corrected chi connectivity index (χ2v) is 14.9. The molecule has 0 aromatic carbocycles. The first-order valence-corrected chi connectivity index (χ1v) is 21.6. The second-order valence-electron chi connectivity index (χ2n) is 13.5. The van der Waals surface area contributed by atoms with Crippen molar-refractivity contribution < 1.29 is 28.4 Å². The predicted octanol–water partition coefficient (Wildman–Crippen LogP) is 10.8. The quantitative estimate of drug-likeness (QED) is 0.0286. The van der Waals surface area contributed by atoms with Gasteiger partial charge in [0, 0.05) is 13.0 Å². The molecule has 49 heavy (non-hydrogen) atoms. The van der Waals surface area contributed by atoms with Gasteiger partial charge in [0.25, 0.3) is 0 Å². The highest BCUT2D eigenvalue weighted by atomic mass is 31.2. The highest BCUT2D eigenvalue weighted by Gasteiger charge is 2.27. The molecule has 0 bridgehead atoms. The molecule has 9 heteroatoms. The van der Waals surface area contributed by atoms with Gasteiger partial charge in [-0.1, -0.05) is 166 Å². The number of aliphatic hydroxyl groups is 1. The molecule has 0 spiro atoms. The van der Waals surface area contributed by atoms with Crippen molar-refractivity contribution in [1.82, 2.24) is 5.32 Å². The Morgan fingerprint density at radius 3 is 1.73 bits per heavy atom. The fourth-order valence-electron chi connectivity index (χ4n) is 5.74. The molecule has 288 valence electrons. The number of rotatable bonds is 37. The van der Waals surface area contributed by atoms with Crippen molar-refractivity contribution in [1.29, 1.82) is 0 Å². The van der Waals surface area contributed by atoms with Crippen LogP contribution in [-0.2, 0) is 18.4 Å². The molecule has 5 N–H and O–H groups in total. The predicted molar refractivity (Wildman–Crippen MR) is 208 cm³/mol. The minimum absolute atomic E-state index is 0.0862. The van der Waals surface area contributed by atoms with Crippen LogP contribution in [0.15, 0.2) is 36.5 Å². The van der Waals surface area contributed by atoms with Crippen LogP contribution in [0.25, 0.3) is 0 Å². The van der Waals surface area contributed by atoms with Gasteiger partial charge in [0.1, 0.15) is 0 Å². The van der Waals surface area contributed by atoms with Crippen LogP contribution in [0.4, 0.5) is 0 Å². The number of carbonyl (C=O) groups excluding carboxylic acids is 1. The molecule has 8 nitrogen and oxygen atoms in total. The summed E-state index contributed by atoms with van der Waals surface area (Å²) in [7, 11) is -4.31. The van der Waals surface area contributed by atoms with E-state index in [1.54, 1.807) is 0 Å². The zero-order valence-electron chi connectivity index (χ0n) is 31.7. The number of aliphatic hydroxyl groups excluding tert-OH is 1. The van der Waals surface area contributed by atoms with Crippen LogP contribution in [-0.4, -0.2) is 47.8 Å². The molecular weight excluding hydrogens is 635 g/mol. The summed E-state index contributed by atoms with van der Waals surface area (Å²) in [5.74, 6) is -0.173. The first-order chi connectivity index (χ1) is 23.9. The van der Waals surface area contributed by atoms with Crippen LogP contribution in [0.3, 0.4) is 0 Å². The van der Waals surface area contributed by atoms with E-state index in [0.29, 0.717) is 12.8 Å². The molecule has 3 unspecified atom stereocenters. The number of phosphoric ester groups is 1. The largest absolute Gasteiger partial charge is 0.472 e. The minimum atomic E-state index is -4.31. The van der Waals surface area contributed by atoms with E-state index in [-0.39, 0.29) is 25.7 Å². The van der Waals surface area contributed by atoms with Gasteiger partial charge in [-0.3, -0.25) is 13.8 Å². The van der Waals surface area contributed by atoms with E-state index in [2.05, 4.69) is 55.6 Å². The summed E-state index contributed by atoms with van der Waals surface area (Å²) in [6.07, 6.45) is 41.4. The van der Waals surface area contributed by atoms with Gasteiger partial charge in [-0.2, -0.15) is 0 Å². The lowest BCUT2D eigenvalue weighted by Gasteiger charge is -2.25. The number of unbranched alkanes of at least 4 members (excludes halogenated alkanes) is 19. The van der Waals surface area contributed by atoms with Crippen molar-refractivity contribution in [2.45, 2.75) is 193 Å². The van der Waals surface area contributed by atoms with E-state index in [1.807, 2.05) is 0 Å². The molecule has 0 saturated carbocycles. The van der Waals surface area contributed by atoms with Crippen LogP contribution >= 0.6 is 7.82 Å². The first kappa shape index (κ1) is 47.7. The van der Waals surface area contributed by atoms with E-state index < -0.39 is 20.0 Å². The Balaban J connectivity index is 4.22. The van der Waals surface area contributed by atoms with Gasteiger partial charge in [0.15, 0.2) is 0 Å². The molecule has 0 aromatic rings. The summed E-state index contributed by atoms with van der Waals surface area (Å²) < 4.78 is 22.1. The van der Waals surface area contributed by atoms with Crippen LogP contribution < -0.4 is 11.1 Å². The summed E-state index contributed by atoms with van der Waals surface area (Å²) in [4.78, 5) is 22.7. The van der Waals surface area contributed by atoms with Gasteiger partial charge < -0.3 is 21.1 Å².